The van der Waals surface area contributed by atoms with Crippen molar-refractivity contribution in [3.63, 3.8) is 0 Å². The summed E-state index contributed by atoms with van der Waals surface area (Å²) in [5, 5.41) is 0. The highest BCUT2D eigenvalue weighted by Gasteiger charge is 2.29. The van der Waals surface area contributed by atoms with E-state index in [-0.39, 0.29) is 5.92 Å². The first kappa shape index (κ1) is 14.5. The molecule has 0 aliphatic heterocycles. The van der Waals surface area contributed by atoms with Crippen LogP contribution in [0.2, 0.25) is 0 Å². The molecule has 15 heavy (non-hydrogen) atoms. The van der Waals surface area contributed by atoms with Gasteiger partial charge in [-0.3, -0.25) is 4.79 Å². The van der Waals surface area contributed by atoms with E-state index in [1.807, 2.05) is 4.90 Å². The van der Waals surface area contributed by atoms with Gasteiger partial charge in [-0.05, 0) is 32.6 Å². The molecule has 2 nitrogen and oxygen atoms in total. The van der Waals surface area contributed by atoms with E-state index in [9.17, 15) is 4.79 Å². The number of rotatable bonds is 5. The highest BCUT2D eigenvalue weighted by Crippen LogP contribution is 2.23. The summed E-state index contributed by atoms with van der Waals surface area (Å²) in [6.45, 7) is 15.6. The molecule has 0 radical (unpaired) electrons. The lowest BCUT2D eigenvalue weighted by molar-refractivity contribution is -0.140. The number of nitrogens with zero attached hydrogens (tertiary/aromatic N) is 1. The number of hydrogen-bond acceptors (Lipinski definition) is 1. The monoisotopic (exact) mass is 213 g/mol. The van der Waals surface area contributed by atoms with Gasteiger partial charge in [0.05, 0.1) is 0 Å². The molecule has 0 spiro atoms. The van der Waals surface area contributed by atoms with Crippen molar-refractivity contribution in [1.29, 1.82) is 0 Å². The molecule has 0 saturated carbocycles. The van der Waals surface area contributed by atoms with E-state index >= 15 is 0 Å². The van der Waals surface area contributed by atoms with Crippen molar-refractivity contribution in [2.75, 3.05) is 6.54 Å². The molecule has 0 heterocycles. The quantitative estimate of drug-likeness (QED) is 0.687. The van der Waals surface area contributed by atoms with Crippen molar-refractivity contribution in [1.82, 2.24) is 4.90 Å². The van der Waals surface area contributed by atoms with E-state index in [4.69, 9.17) is 0 Å². The number of amides is 1. The fraction of sp³-hybridized carbons (Fsp3) is 0.923. The first-order chi connectivity index (χ1) is 6.82. The second-order valence-corrected chi connectivity index (χ2v) is 5.23. The maximum Gasteiger partial charge on any atom is 0.226 e. The van der Waals surface area contributed by atoms with Crippen LogP contribution in [0.4, 0.5) is 0 Å². The Labute approximate surface area is 95.0 Å². The van der Waals surface area contributed by atoms with Gasteiger partial charge in [0.15, 0.2) is 0 Å². The maximum atomic E-state index is 12.3. The number of carbonyl (C=O) groups is 1. The molecular formula is C13H27NO. The van der Waals surface area contributed by atoms with Crippen LogP contribution in [0.25, 0.3) is 0 Å². The van der Waals surface area contributed by atoms with E-state index in [0.717, 1.165) is 6.54 Å². The van der Waals surface area contributed by atoms with Gasteiger partial charge in [0.2, 0.25) is 5.91 Å². The summed E-state index contributed by atoms with van der Waals surface area (Å²) in [7, 11) is 0. The normalized spacial score (nSPS) is 11.9. The van der Waals surface area contributed by atoms with E-state index in [1.165, 1.54) is 0 Å². The zero-order valence-corrected chi connectivity index (χ0v) is 11.4. The molecule has 0 aromatic heterocycles. The Morgan fingerprint density at radius 3 is 1.60 bits per heavy atom. The molecule has 0 aliphatic carbocycles. The Bertz CT molecular complexity index is 189. The standard InChI is InChI=1S/C13H27NO/c1-8-14(11(6)7)13(15)12(9(2)3)10(4)5/h9-12H,8H2,1-7H3. The van der Waals surface area contributed by atoms with Gasteiger partial charge in [0, 0.05) is 18.5 Å². The Kier molecular flexibility index (Phi) is 5.92. The van der Waals surface area contributed by atoms with Crippen molar-refractivity contribution < 1.29 is 4.79 Å². The lowest BCUT2D eigenvalue weighted by Gasteiger charge is -2.33. The van der Waals surface area contributed by atoms with Crippen LogP contribution < -0.4 is 0 Å². The Morgan fingerprint density at radius 1 is 1.00 bits per heavy atom. The second-order valence-electron chi connectivity index (χ2n) is 5.23. The van der Waals surface area contributed by atoms with Gasteiger partial charge in [0.1, 0.15) is 0 Å². The van der Waals surface area contributed by atoms with Gasteiger partial charge in [-0.25, -0.2) is 0 Å². The minimum Gasteiger partial charge on any atom is -0.340 e. The first-order valence-electron chi connectivity index (χ1n) is 6.13. The molecule has 0 N–H and O–H groups in total. The lowest BCUT2D eigenvalue weighted by atomic mass is 9.84. The molecule has 0 atom stereocenters. The Balaban J connectivity index is 4.76. The van der Waals surface area contributed by atoms with Gasteiger partial charge < -0.3 is 4.90 Å². The summed E-state index contributed by atoms with van der Waals surface area (Å²) >= 11 is 0. The highest BCUT2D eigenvalue weighted by molar-refractivity contribution is 5.79. The lowest BCUT2D eigenvalue weighted by Crippen LogP contribution is -2.43. The van der Waals surface area contributed by atoms with Crippen molar-refractivity contribution in [2.45, 2.75) is 54.5 Å². The fourth-order valence-corrected chi connectivity index (χ4v) is 2.31. The topological polar surface area (TPSA) is 20.3 Å². The van der Waals surface area contributed by atoms with Gasteiger partial charge in [-0.1, -0.05) is 27.7 Å². The SMILES string of the molecule is CCN(C(=O)C(C(C)C)C(C)C)C(C)C. The summed E-state index contributed by atoms with van der Waals surface area (Å²) in [6, 6.07) is 0.308. The van der Waals surface area contributed by atoms with Crippen LogP contribution in [0.3, 0.4) is 0 Å². The minimum absolute atomic E-state index is 0.160. The summed E-state index contributed by atoms with van der Waals surface area (Å²) in [4.78, 5) is 14.3. The molecule has 0 aromatic rings. The molecule has 2 heteroatoms. The third-order valence-electron chi connectivity index (χ3n) is 2.97. The molecule has 0 aromatic carbocycles. The summed E-state index contributed by atoms with van der Waals surface area (Å²) in [5.74, 6) is 1.32. The van der Waals surface area contributed by atoms with Crippen LogP contribution in [0.15, 0.2) is 0 Å². The molecule has 0 aliphatic rings. The summed E-state index contributed by atoms with van der Waals surface area (Å²) < 4.78 is 0. The molecular weight excluding hydrogens is 186 g/mol. The third-order valence-corrected chi connectivity index (χ3v) is 2.97. The zero-order chi connectivity index (χ0) is 12.2. The largest absolute Gasteiger partial charge is 0.340 e. The van der Waals surface area contributed by atoms with Crippen molar-refractivity contribution in [3.05, 3.63) is 0 Å². The number of hydrogen-bond donors (Lipinski definition) is 0. The van der Waals surface area contributed by atoms with Crippen LogP contribution in [0, 0.1) is 17.8 Å². The van der Waals surface area contributed by atoms with Gasteiger partial charge >= 0.3 is 0 Å². The van der Waals surface area contributed by atoms with Crippen molar-refractivity contribution in [3.8, 4) is 0 Å². The smallest absolute Gasteiger partial charge is 0.226 e. The minimum atomic E-state index is 0.160. The molecule has 0 fully saturated rings. The molecule has 0 saturated heterocycles. The van der Waals surface area contributed by atoms with Crippen molar-refractivity contribution >= 4 is 5.91 Å². The van der Waals surface area contributed by atoms with Crippen LogP contribution in [0.5, 0.6) is 0 Å². The Hall–Kier alpha value is -0.530. The van der Waals surface area contributed by atoms with Crippen LogP contribution in [0.1, 0.15) is 48.5 Å². The molecule has 1 amide bonds. The summed E-state index contributed by atoms with van der Waals surface area (Å²) in [5.41, 5.74) is 0. The average molecular weight is 213 g/mol. The molecule has 90 valence electrons. The second kappa shape index (κ2) is 6.14. The van der Waals surface area contributed by atoms with Gasteiger partial charge in [-0.15, -0.1) is 0 Å². The Morgan fingerprint density at radius 2 is 1.40 bits per heavy atom. The predicted molar refractivity (Wildman–Crippen MR) is 65.7 cm³/mol. The van der Waals surface area contributed by atoms with Crippen LogP contribution in [-0.4, -0.2) is 23.4 Å². The van der Waals surface area contributed by atoms with E-state index in [0.29, 0.717) is 23.8 Å². The van der Waals surface area contributed by atoms with E-state index in [1.54, 1.807) is 0 Å². The van der Waals surface area contributed by atoms with E-state index in [2.05, 4.69) is 48.5 Å². The third kappa shape index (κ3) is 3.84. The molecule has 0 unspecified atom stereocenters. The van der Waals surface area contributed by atoms with Gasteiger partial charge in [0.25, 0.3) is 0 Å². The van der Waals surface area contributed by atoms with Crippen LogP contribution in [-0.2, 0) is 4.79 Å². The molecule has 0 bridgehead atoms. The van der Waals surface area contributed by atoms with Crippen LogP contribution >= 0.6 is 0 Å². The maximum absolute atomic E-state index is 12.3. The van der Waals surface area contributed by atoms with Gasteiger partial charge in [-0.2, -0.15) is 0 Å². The fourth-order valence-electron chi connectivity index (χ4n) is 2.31. The first-order valence-corrected chi connectivity index (χ1v) is 6.13. The van der Waals surface area contributed by atoms with E-state index < -0.39 is 0 Å². The summed E-state index contributed by atoms with van der Waals surface area (Å²) in [6.07, 6.45) is 0. The molecule has 0 rings (SSSR count). The zero-order valence-electron chi connectivity index (χ0n) is 11.4. The average Bonchev–Trinajstić information content (AvgIpc) is 2.02. The number of carbonyl (C=O) groups excluding carboxylic acids is 1. The van der Waals surface area contributed by atoms with Crippen molar-refractivity contribution in [2.24, 2.45) is 17.8 Å². The highest BCUT2D eigenvalue weighted by atomic mass is 16.2. The predicted octanol–water partition coefficient (Wildman–Crippen LogP) is 3.17.